The van der Waals surface area contributed by atoms with Crippen LogP contribution >= 0.6 is 0 Å². The second-order valence-corrected chi connectivity index (χ2v) is 28.4. The molecule has 0 amide bonds. The van der Waals surface area contributed by atoms with E-state index >= 15 is 0 Å². The molecule has 1 fully saturated rings. The Balaban J connectivity index is 1.06. The lowest BCUT2D eigenvalue weighted by molar-refractivity contribution is 0.195. The van der Waals surface area contributed by atoms with Gasteiger partial charge in [-0.25, -0.2) is 0 Å². The average Bonchev–Trinajstić information content (AvgIpc) is 1.52. The minimum absolute atomic E-state index is 0.0865. The van der Waals surface area contributed by atoms with Crippen molar-refractivity contribution in [3.63, 3.8) is 0 Å². The van der Waals surface area contributed by atoms with Crippen LogP contribution < -0.4 is 31.1 Å². The smallest absolute Gasteiger partial charge is 0.252 e. The Bertz CT molecular complexity index is 4600. The Kier molecular flexibility index (Phi) is 12.2. The molecule has 3 heterocycles. The van der Waals surface area contributed by atoms with E-state index < -0.39 is 0 Å². The molecule has 11 aromatic carbocycles. The van der Waals surface area contributed by atoms with Gasteiger partial charge in [-0.05, 0) is 175 Å². The average molecular weight is 1140 g/mol. The fourth-order valence-corrected chi connectivity index (χ4v) is 16.8. The highest BCUT2D eigenvalue weighted by molar-refractivity contribution is 7.00. The van der Waals surface area contributed by atoms with Gasteiger partial charge >= 0.3 is 0 Å². The van der Waals surface area contributed by atoms with E-state index in [1.807, 2.05) is 0 Å². The number of hydrogen-bond donors (Lipinski definition) is 0. The number of fused-ring (bicyclic) bond motifs is 9. The van der Waals surface area contributed by atoms with E-state index in [-0.39, 0.29) is 33.9 Å². The van der Waals surface area contributed by atoms with E-state index in [4.69, 9.17) is 0 Å². The summed E-state index contributed by atoms with van der Waals surface area (Å²) in [6.07, 6.45) is 4.59. The maximum atomic E-state index is 2.83. The Hall–Kier alpha value is -9.12. The Labute approximate surface area is 522 Å². The van der Waals surface area contributed by atoms with Crippen molar-refractivity contribution in [1.29, 1.82) is 0 Å². The summed E-state index contributed by atoms with van der Waals surface area (Å²) < 4.78 is 0. The molecule has 2 unspecified atom stereocenters. The maximum Gasteiger partial charge on any atom is 0.252 e. The van der Waals surface area contributed by atoms with E-state index in [9.17, 15) is 0 Å². The summed E-state index contributed by atoms with van der Waals surface area (Å²) in [5.74, 6) is 0. The minimum Gasteiger partial charge on any atom is -0.334 e. The molecular formula is C84H76BN3. The van der Waals surface area contributed by atoms with Gasteiger partial charge in [0.1, 0.15) is 0 Å². The molecule has 2 aliphatic carbocycles. The van der Waals surface area contributed by atoms with E-state index in [2.05, 4.69) is 326 Å². The summed E-state index contributed by atoms with van der Waals surface area (Å²) in [5, 5.41) is 0. The van der Waals surface area contributed by atoms with E-state index in [1.165, 1.54) is 147 Å². The van der Waals surface area contributed by atoms with Crippen LogP contribution in [-0.2, 0) is 21.7 Å². The first-order valence-electron chi connectivity index (χ1n) is 32.2. The highest BCUT2D eigenvalue weighted by atomic mass is 15.3. The second-order valence-electron chi connectivity index (χ2n) is 28.4. The van der Waals surface area contributed by atoms with Crippen molar-refractivity contribution in [3.8, 4) is 44.5 Å². The summed E-state index contributed by atoms with van der Waals surface area (Å²) in [7, 11) is 0. The largest absolute Gasteiger partial charge is 0.334 e. The molecule has 88 heavy (non-hydrogen) atoms. The van der Waals surface area contributed by atoms with Crippen LogP contribution in [0, 0.1) is 0 Å². The molecule has 2 atom stereocenters. The first-order valence-corrected chi connectivity index (χ1v) is 32.2. The predicted molar refractivity (Wildman–Crippen MR) is 374 cm³/mol. The summed E-state index contributed by atoms with van der Waals surface area (Å²) >= 11 is 0. The standard InChI is InChI=1S/C84H76BN3/c1-80(2,3)62-41-44-73(65(50-62)58-33-20-13-21-34-58)87-76-54-69-68(81(4,5)66-37-22-23-38-67(66)82(69,6)7)53-72(76)85-71-42-39-61(57-31-18-12-19-32-57)49-75(71)86(63-36-26-35-59(47-63)55-27-14-10-15-28-55)77-51-64(52-78(87)79(77)85)88-74-43-40-60(56-29-16-11-17-30-56)48-70(74)83(8)45-24-25-46-84(83,88)9/h10-23,26-44,47-54H,24-25,45-46H2,1-9H3. The number of anilines is 8. The third-order valence-corrected chi connectivity index (χ3v) is 21.8. The Morgan fingerprint density at radius 2 is 0.852 bits per heavy atom. The lowest BCUT2D eigenvalue weighted by Gasteiger charge is -2.51. The molecule has 4 heteroatoms. The van der Waals surface area contributed by atoms with Gasteiger partial charge in [-0.2, -0.15) is 0 Å². The third-order valence-electron chi connectivity index (χ3n) is 21.8. The van der Waals surface area contributed by atoms with Crippen molar-refractivity contribution in [3.05, 3.63) is 282 Å². The van der Waals surface area contributed by atoms with Crippen molar-refractivity contribution in [1.82, 2.24) is 0 Å². The first-order chi connectivity index (χ1) is 42.5. The SMILES string of the molecule is CC(C)(C)c1ccc(N2c3cc4c(cc3B3c5ccc(-c6ccccc6)cc5N(c5cccc(-c6ccccc6)c5)c5cc(N6c7ccc(-c8ccccc8)cc7C7(C)CCCCC67C)cc2c53)C(C)(C)c2ccccc2C4(C)C)c(-c2ccccc2)c1. The summed E-state index contributed by atoms with van der Waals surface area (Å²) in [6.45, 7) is 22.0. The number of benzene rings is 11. The van der Waals surface area contributed by atoms with Crippen LogP contribution in [0.15, 0.2) is 249 Å². The van der Waals surface area contributed by atoms with Crippen LogP contribution in [0.2, 0.25) is 0 Å². The molecular weight excluding hydrogens is 1060 g/mol. The zero-order valence-corrected chi connectivity index (χ0v) is 52.4. The van der Waals surface area contributed by atoms with Gasteiger partial charge in [0.15, 0.2) is 0 Å². The minimum atomic E-state index is -0.290. The van der Waals surface area contributed by atoms with E-state index in [0.29, 0.717) is 0 Å². The molecule has 3 nitrogen and oxygen atoms in total. The molecule has 0 spiro atoms. The second kappa shape index (κ2) is 19.7. The van der Waals surface area contributed by atoms with Crippen molar-refractivity contribution in [2.24, 2.45) is 0 Å². The predicted octanol–water partition coefficient (Wildman–Crippen LogP) is 20.4. The lowest BCUT2D eigenvalue weighted by Crippen LogP contribution is -2.62. The molecule has 430 valence electrons. The van der Waals surface area contributed by atoms with Crippen LogP contribution in [0.4, 0.5) is 45.5 Å². The van der Waals surface area contributed by atoms with Crippen molar-refractivity contribution in [2.45, 2.75) is 115 Å². The molecule has 3 aliphatic heterocycles. The summed E-state index contributed by atoms with van der Waals surface area (Å²) in [5.41, 5.74) is 30.8. The number of nitrogens with zero attached hydrogens (tertiary/aromatic N) is 3. The zero-order valence-electron chi connectivity index (χ0n) is 52.4. The third kappa shape index (κ3) is 8.02. The van der Waals surface area contributed by atoms with E-state index in [0.717, 1.165) is 18.5 Å². The molecule has 1 saturated carbocycles. The van der Waals surface area contributed by atoms with Crippen LogP contribution in [0.3, 0.4) is 0 Å². The lowest BCUT2D eigenvalue weighted by atomic mass is 9.33. The van der Waals surface area contributed by atoms with Gasteiger partial charge < -0.3 is 14.7 Å². The Morgan fingerprint density at radius 1 is 0.341 bits per heavy atom. The molecule has 0 saturated heterocycles. The molecule has 0 bridgehead atoms. The van der Waals surface area contributed by atoms with Gasteiger partial charge in [0, 0.05) is 61.6 Å². The van der Waals surface area contributed by atoms with Gasteiger partial charge in [0.05, 0.1) is 11.2 Å². The van der Waals surface area contributed by atoms with Gasteiger partial charge in [0.2, 0.25) is 0 Å². The molecule has 0 aromatic heterocycles. The topological polar surface area (TPSA) is 9.72 Å². The van der Waals surface area contributed by atoms with Gasteiger partial charge in [-0.15, -0.1) is 0 Å². The molecule has 16 rings (SSSR count). The summed E-state index contributed by atoms with van der Waals surface area (Å²) in [6, 6.07) is 95.6. The van der Waals surface area contributed by atoms with Gasteiger partial charge in [-0.3, -0.25) is 0 Å². The van der Waals surface area contributed by atoms with Crippen LogP contribution in [0.5, 0.6) is 0 Å². The molecule has 11 aromatic rings. The molecule has 5 aliphatic rings. The highest BCUT2D eigenvalue weighted by Gasteiger charge is 2.58. The van der Waals surface area contributed by atoms with Crippen molar-refractivity contribution >= 4 is 68.6 Å². The monoisotopic (exact) mass is 1140 g/mol. The first kappa shape index (κ1) is 54.3. The summed E-state index contributed by atoms with van der Waals surface area (Å²) in [4.78, 5) is 8.24. The zero-order chi connectivity index (χ0) is 60.1. The van der Waals surface area contributed by atoms with Gasteiger partial charge in [-0.1, -0.05) is 256 Å². The van der Waals surface area contributed by atoms with E-state index in [1.54, 1.807) is 0 Å². The number of rotatable bonds is 7. The Morgan fingerprint density at radius 3 is 1.48 bits per heavy atom. The maximum absolute atomic E-state index is 2.83. The van der Waals surface area contributed by atoms with Crippen molar-refractivity contribution < 1.29 is 0 Å². The highest BCUT2D eigenvalue weighted by Crippen LogP contribution is 2.63. The van der Waals surface area contributed by atoms with Crippen molar-refractivity contribution in [2.75, 3.05) is 14.7 Å². The van der Waals surface area contributed by atoms with Crippen LogP contribution in [0.1, 0.15) is 121 Å². The fourth-order valence-electron chi connectivity index (χ4n) is 16.8. The quantitative estimate of drug-likeness (QED) is 0.147. The molecule has 0 radical (unpaired) electrons. The van der Waals surface area contributed by atoms with Crippen LogP contribution in [-0.4, -0.2) is 12.3 Å². The fraction of sp³-hybridized carbons (Fsp3) is 0.214. The normalized spacial score (nSPS) is 19.0. The number of hydrogen-bond acceptors (Lipinski definition) is 3. The van der Waals surface area contributed by atoms with Gasteiger partial charge in [0.25, 0.3) is 6.71 Å². The van der Waals surface area contributed by atoms with Crippen LogP contribution in [0.25, 0.3) is 44.5 Å². The molecule has 0 N–H and O–H groups in total.